The lowest BCUT2D eigenvalue weighted by atomic mass is 9.96. The molecule has 1 rings (SSSR count). The highest BCUT2D eigenvalue weighted by Crippen LogP contribution is 2.16. The predicted octanol–water partition coefficient (Wildman–Crippen LogP) is 2.06. The number of hydrogen-bond donors (Lipinski definition) is 3. The third kappa shape index (κ3) is 7.45. The van der Waals surface area contributed by atoms with Crippen LogP contribution in [-0.4, -0.2) is 42.9 Å². The Bertz CT molecular complexity index is 515. The van der Waals surface area contributed by atoms with Gasteiger partial charge in [-0.3, -0.25) is 9.59 Å². The Morgan fingerprint density at radius 1 is 1.13 bits per heavy atom. The quantitative estimate of drug-likeness (QED) is 0.707. The molecule has 0 spiro atoms. The van der Waals surface area contributed by atoms with Gasteiger partial charge < -0.3 is 21.3 Å². The third-order valence-electron chi connectivity index (χ3n) is 3.17. The summed E-state index contributed by atoms with van der Waals surface area (Å²) in [6.45, 7) is 4.03. The highest BCUT2D eigenvalue weighted by atomic mass is 35.5. The Labute approximate surface area is 144 Å². The highest BCUT2D eigenvalue weighted by molar-refractivity contribution is 5.98. The van der Waals surface area contributed by atoms with Crippen LogP contribution in [0.1, 0.15) is 26.7 Å². The minimum Gasteiger partial charge on any atom is -0.325 e. The van der Waals surface area contributed by atoms with Gasteiger partial charge in [0.05, 0.1) is 12.1 Å². The molecular formula is C16H27ClN4O2. The van der Waals surface area contributed by atoms with Gasteiger partial charge in [0.2, 0.25) is 11.8 Å². The fourth-order valence-electron chi connectivity index (χ4n) is 2.03. The summed E-state index contributed by atoms with van der Waals surface area (Å²) >= 11 is 0. The molecule has 7 heteroatoms. The standard InChI is InChI=1S/C16H26N4O2.ClH/c1-5-10-16(2,17)15(22)19-13-8-6-12(7-9-13)18-14(21)11-20(3)4;/h6-9H,5,10-11,17H2,1-4H3,(H,18,21)(H,19,22);1H. The van der Waals surface area contributed by atoms with Gasteiger partial charge in [0.15, 0.2) is 0 Å². The molecule has 4 N–H and O–H groups in total. The van der Waals surface area contributed by atoms with Gasteiger partial charge in [-0.05, 0) is 51.7 Å². The smallest absolute Gasteiger partial charge is 0.244 e. The summed E-state index contributed by atoms with van der Waals surface area (Å²) < 4.78 is 0. The van der Waals surface area contributed by atoms with Crippen molar-refractivity contribution < 1.29 is 9.59 Å². The molecule has 6 nitrogen and oxygen atoms in total. The SMILES string of the molecule is CCCC(C)(N)C(=O)Nc1ccc(NC(=O)CN(C)C)cc1.Cl. The molecular weight excluding hydrogens is 316 g/mol. The molecule has 0 saturated carbocycles. The Morgan fingerprint density at radius 2 is 1.61 bits per heavy atom. The summed E-state index contributed by atoms with van der Waals surface area (Å²) in [5.74, 6) is -0.294. The van der Waals surface area contributed by atoms with Gasteiger partial charge in [-0.25, -0.2) is 0 Å². The van der Waals surface area contributed by atoms with Crippen LogP contribution in [0.4, 0.5) is 11.4 Å². The van der Waals surface area contributed by atoms with Crippen molar-refractivity contribution in [2.24, 2.45) is 5.73 Å². The number of carbonyl (C=O) groups excluding carboxylic acids is 2. The van der Waals surface area contributed by atoms with Crippen LogP contribution in [0, 0.1) is 0 Å². The number of anilines is 2. The van der Waals surface area contributed by atoms with Crippen LogP contribution < -0.4 is 16.4 Å². The van der Waals surface area contributed by atoms with E-state index in [0.29, 0.717) is 24.3 Å². The van der Waals surface area contributed by atoms with Crippen LogP contribution in [-0.2, 0) is 9.59 Å². The molecule has 1 atom stereocenters. The van der Waals surface area contributed by atoms with Gasteiger partial charge in [0.25, 0.3) is 0 Å². The number of hydrogen-bond acceptors (Lipinski definition) is 4. The molecule has 0 bridgehead atoms. The fourth-order valence-corrected chi connectivity index (χ4v) is 2.03. The van der Waals surface area contributed by atoms with Crippen molar-refractivity contribution in [1.29, 1.82) is 0 Å². The van der Waals surface area contributed by atoms with Gasteiger partial charge in [-0.1, -0.05) is 13.3 Å². The van der Waals surface area contributed by atoms with Gasteiger partial charge in [-0.2, -0.15) is 0 Å². The van der Waals surface area contributed by atoms with E-state index in [4.69, 9.17) is 5.73 Å². The zero-order chi connectivity index (χ0) is 16.8. The second kappa shape index (κ2) is 9.50. The predicted molar refractivity (Wildman–Crippen MR) is 97.0 cm³/mol. The molecule has 0 aromatic heterocycles. The maximum Gasteiger partial charge on any atom is 0.244 e. The Hall–Kier alpha value is -1.63. The number of nitrogens with two attached hydrogens (primary N) is 1. The van der Waals surface area contributed by atoms with Crippen LogP contribution in [0.3, 0.4) is 0 Å². The van der Waals surface area contributed by atoms with Gasteiger partial charge in [0, 0.05) is 11.4 Å². The van der Waals surface area contributed by atoms with Gasteiger partial charge in [0.1, 0.15) is 0 Å². The first kappa shape index (κ1) is 21.4. The number of nitrogens with one attached hydrogen (secondary N) is 2. The molecule has 1 aromatic rings. The normalized spacial score (nSPS) is 13.0. The van der Waals surface area contributed by atoms with Gasteiger partial charge in [-0.15, -0.1) is 12.4 Å². The summed E-state index contributed by atoms with van der Waals surface area (Å²) in [5.41, 5.74) is 6.45. The summed E-state index contributed by atoms with van der Waals surface area (Å²) in [4.78, 5) is 25.5. The first-order chi connectivity index (χ1) is 10.2. The average Bonchev–Trinajstić information content (AvgIpc) is 2.39. The summed E-state index contributed by atoms with van der Waals surface area (Å²) in [6, 6.07) is 6.98. The van der Waals surface area contributed by atoms with E-state index in [1.165, 1.54) is 0 Å². The van der Waals surface area contributed by atoms with Crippen LogP contribution in [0.25, 0.3) is 0 Å². The van der Waals surface area contributed by atoms with E-state index < -0.39 is 5.54 Å². The number of nitrogens with zero attached hydrogens (tertiary/aromatic N) is 1. The van der Waals surface area contributed by atoms with E-state index in [1.807, 2.05) is 21.0 Å². The van der Waals surface area contributed by atoms with Crippen molar-refractivity contribution in [2.75, 3.05) is 31.3 Å². The molecule has 1 aromatic carbocycles. The topological polar surface area (TPSA) is 87.5 Å². The summed E-state index contributed by atoms with van der Waals surface area (Å²) in [6.07, 6.45) is 1.47. The number of amides is 2. The van der Waals surface area contributed by atoms with E-state index >= 15 is 0 Å². The maximum absolute atomic E-state index is 12.1. The number of carbonyl (C=O) groups is 2. The number of halogens is 1. The molecule has 0 aliphatic carbocycles. The Kier molecular flexibility index (Phi) is 8.82. The lowest BCUT2D eigenvalue weighted by molar-refractivity contribution is -0.121. The van der Waals surface area contributed by atoms with Crippen LogP contribution >= 0.6 is 12.4 Å². The molecule has 0 radical (unpaired) electrons. The minimum absolute atomic E-state index is 0. The highest BCUT2D eigenvalue weighted by Gasteiger charge is 2.27. The van der Waals surface area contributed by atoms with E-state index in [2.05, 4.69) is 10.6 Å². The summed E-state index contributed by atoms with van der Waals surface area (Å²) in [7, 11) is 3.66. The third-order valence-corrected chi connectivity index (χ3v) is 3.17. The first-order valence-electron chi connectivity index (χ1n) is 7.39. The Morgan fingerprint density at radius 3 is 2.04 bits per heavy atom. The van der Waals surface area contributed by atoms with Crippen molar-refractivity contribution in [3.63, 3.8) is 0 Å². The second-order valence-corrected chi connectivity index (χ2v) is 5.98. The lowest BCUT2D eigenvalue weighted by Gasteiger charge is -2.22. The molecule has 1 unspecified atom stereocenters. The zero-order valence-corrected chi connectivity index (χ0v) is 15.0. The zero-order valence-electron chi connectivity index (χ0n) is 14.2. The largest absolute Gasteiger partial charge is 0.325 e. The van der Waals surface area contributed by atoms with E-state index in [1.54, 1.807) is 36.1 Å². The van der Waals surface area contributed by atoms with Crippen LogP contribution in [0.2, 0.25) is 0 Å². The lowest BCUT2D eigenvalue weighted by Crippen LogP contribution is -2.48. The van der Waals surface area contributed by atoms with E-state index in [-0.39, 0.29) is 24.2 Å². The minimum atomic E-state index is -0.882. The van der Waals surface area contributed by atoms with Crippen molar-refractivity contribution in [2.45, 2.75) is 32.2 Å². The molecule has 130 valence electrons. The van der Waals surface area contributed by atoms with Gasteiger partial charge >= 0.3 is 0 Å². The van der Waals surface area contributed by atoms with Crippen molar-refractivity contribution in [3.8, 4) is 0 Å². The van der Waals surface area contributed by atoms with Crippen molar-refractivity contribution in [3.05, 3.63) is 24.3 Å². The number of rotatable bonds is 7. The Balaban J connectivity index is 0.00000484. The van der Waals surface area contributed by atoms with Crippen LogP contribution in [0.5, 0.6) is 0 Å². The monoisotopic (exact) mass is 342 g/mol. The number of benzene rings is 1. The number of likely N-dealkylation sites (N-methyl/N-ethyl adjacent to an activating group) is 1. The fraction of sp³-hybridized carbons (Fsp3) is 0.500. The first-order valence-corrected chi connectivity index (χ1v) is 7.39. The molecule has 0 fully saturated rings. The molecule has 2 amide bonds. The second-order valence-electron chi connectivity index (χ2n) is 5.98. The maximum atomic E-state index is 12.1. The van der Waals surface area contributed by atoms with Crippen molar-refractivity contribution >= 4 is 35.6 Å². The molecule has 23 heavy (non-hydrogen) atoms. The van der Waals surface area contributed by atoms with E-state index in [0.717, 1.165) is 6.42 Å². The van der Waals surface area contributed by atoms with Crippen molar-refractivity contribution in [1.82, 2.24) is 4.90 Å². The average molecular weight is 343 g/mol. The van der Waals surface area contributed by atoms with Crippen LogP contribution in [0.15, 0.2) is 24.3 Å². The molecule has 0 aliphatic rings. The molecule has 0 aliphatic heterocycles. The summed E-state index contributed by atoms with van der Waals surface area (Å²) in [5, 5.41) is 5.58. The van der Waals surface area contributed by atoms with E-state index in [9.17, 15) is 9.59 Å². The molecule has 0 heterocycles. The molecule has 0 saturated heterocycles.